The molecule has 1 aliphatic carbocycles. The summed E-state index contributed by atoms with van der Waals surface area (Å²) in [5.74, 6) is 1.29. The van der Waals surface area contributed by atoms with Gasteiger partial charge in [0.25, 0.3) is 0 Å². The van der Waals surface area contributed by atoms with Gasteiger partial charge in [-0.1, -0.05) is 27.5 Å². The Morgan fingerprint density at radius 3 is 2.74 bits per heavy atom. The highest BCUT2D eigenvalue weighted by Gasteiger charge is 2.42. The fourth-order valence-corrected chi connectivity index (χ4v) is 2.89. The van der Waals surface area contributed by atoms with Crippen LogP contribution in [0.3, 0.4) is 0 Å². The van der Waals surface area contributed by atoms with Crippen molar-refractivity contribution in [3.05, 3.63) is 34.6 Å². The van der Waals surface area contributed by atoms with E-state index < -0.39 is 0 Å². The molecule has 2 N–H and O–H groups in total. The molecule has 1 saturated carbocycles. The van der Waals surface area contributed by atoms with Crippen LogP contribution in [0.5, 0.6) is 0 Å². The van der Waals surface area contributed by atoms with Gasteiger partial charge >= 0.3 is 0 Å². The first-order chi connectivity index (χ1) is 9.09. The van der Waals surface area contributed by atoms with Gasteiger partial charge in [-0.15, -0.1) is 0 Å². The normalized spacial score (nSPS) is 26.8. The molecule has 0 amide bonds. The van der Waals surface area contributed by atoms with Crippen LogP contribution >= 0.6 is 15.9 Å². The fraction of sp³-hybridized carbons (Fsp3) is 0.429. The van der Waals surface area contributed by atoms with Crippen LogP contribution in [0.15, 0.2) is 33.3 Å². The van der Waals surface area contributed by atoms with Gasteiger partial charge < -0.3 is 10.3 Å². The number of nitrogens with two attached hydrogens (primary N) is 1. The summed E-state index contributed by atoms with van der Waals surface area (Å²) in [5, 5.41) is 4.08. The fourth-order valence-electron chi connectivity index (χ4n) is 2.63. The first-order valence-corrected chi connectivity index (χ1v) is 7.24. The molecule has 2 aromatic rings. The molecule has 1 aliphatic rings. The van der Waals surface area contributed by atoms with Crippen LogP contribution in [-0.4, -0.2) is 16.2 Å². The van der Waals surface area contributed by atoms with E-state index in [0.29, 0.717) is 11.7 Å². The first kappa shape index (κ1) is 12.8. The molecule has 5 heteroatoms. The van der Waals surface area contributed by atoms with E-state index in [1.54, 1.807) is 0 Å². The molecule has 1 fully saturated rings. The summed E-state index contributed by atoms with van der Waals surface area (Å²) >= 11 is 3.41. The number of rotatable bonds is 2. The van der Waals surface area contributed by atoms with E-state index >= 15 is 0 Å². The van der Waals surface area contributed by atoms with Crippen molar-refractivity contribution in [2.45, 2.75) is 37.6 Å². The Labute approximate surface area is 120 Å². The summed E-state index contributed by atoms with van der Waals surface area (Å²) in [4.78, 5) is 4.54. The van der Waals surface area contributed by atoms with Crippen LogP contribution < -0.4 is 5.73 Å². The zero-order chi connectivity index (χ0) is 13.5. The molecule has 2 unspecified atom stereocenters. The van der Waals surface area contributed by atoms with Crippen molar-refractivity contribution in [2.24, 2.45) is 5.73 Å². The molecule has 3 rings (SSSR count). The number of aromatic nitrogens is 2. The van der Waals surface area contributed by atoms with Gasteiger partial charge in [0.15, 0.2) is 0 Å². The van der Waals surface area contributed by atoms with E-state index in [0.717, 1.165) is 29.3 Å². The Kier molecular flexibility index (Phi) is 3.19. The summed E-state index contributed by atoms with van der Waals surface area (Å²) in [6.45, 7) is 2.11. The lowest BCUT2D eigenvalue weighted by Gasteiger charge is -2.23. The van der Waals surface area contributed by atoms with E-state index in [9.17, 15) is 0 Å². The zero-order valence-electron chi connectivity index (χ0n) is 10.8. The molecule has 1 heterocycles. The molecule has 0 radical (unpaired) electrons. The summed E-state index contributed by atoms with van der Waals surface area (Å²) in [6, 6.07) is 7.97. The zero-order valence-corrected chi connectivity index (χ0v) is 12.4. The number of benzene rings is 1. The van der Waals surface area contributed by atoms with Crippen molar-refractivity contribution in [3.63, 3.8) is 0 Å². The molecular formula is C14H16BrN3O. The Hall–Kier alpha value is -1.20. The average Bonchev–Trinajstić information content (AvgIpc) is 3.00. The molecule has 1 aromatic carbocycles. The topological polar surface area (TPSA) is 64.9 Å². The number of hydrogen-bond donors (Lipinski definition) is 1. The van der Waals surface area contributed by atoms with Gasteiger partial charge in [-0.05, 0) is 44.0 Å². The predicted molar refractivity (Wildman–Crippen MR) is 76.6 cm³/mol. The predicted octanol–water partition coefficient (Wildman–Crippen LogP) is 3.27. The smallest absolute Gasteiger partial charge is 0.234 e. The monoisotopic (exact) mass is 321 g/mol. The first-order valence-electron chi connectivity index (χ1n) is 6.45. The van der Waals surface area contributed by atoms with Gasteiger partial charge in [-0.25, -0.2) is 0 Å². The van der Waals surface area contributed by atoms with Crippen LogP contribution in [0.2, 0.25) is 0 Å². The Morgan fingerprint density at radius 2 is 2.11 bits per heavy atom. The van der Waals surface area contributed by atoms with E-state index in [1.807, 2.05) is 24.3 Å². The molecule has 2 atom stereocenters. The van der Waals surface area contributed by atoms with Gasteiger partial charge in [-0.3, -0.25) is 0 Å². The molecular weight excluding hydrogens is 306 g/mol. The Morgan fingerprint density at radius 1 is 1.37 bits per heavy atom. The third-order valence-electron chi connectivity index (χ3n) is 4.05. The maximum atomic E-state index is 6.18. The minimum Gasteiger partial charge on any atom is -0.338 e. The van der Waals surface area contributed by atoms with Crippen LogP contribution in [0, 0.1) is 0 Å². The van der Waals surface area contributed by atoms with Crippen molar-refractivity contribution in [2.75, 3.05) is 0 Å². The quantitative estimate of drug-likeness (QED) is 0.921. The maximum Gasteiger partial charge on any atom is 0.234 e. The number of halogens is 1. The van der Waals surface area contributed by atoms with Crippen LogP contribution in [-0.2, 0) is 5.41 Å². The number of hydrogen-bond acceptors (Lipinski definition) is 4. The van der Waals surface area contributed by atoms with Crippen molar-refractivity contribution in [3.8, 4) is 11.4 Å². The minimum atomic E-state index is -0.180. The third-order valence-corrected chi connectivity index (χ3v) is 4.58. The van der Waals surface area contributed by atoms with Crippen LogP contribution in [0.4, 0.5) is 0 Å². The van der Waals surface area contributed by atoms with Gasteiger partial charge in [0, 0.05) is 16.1 Å². The molecule has 4 nitrogen and oxygen atoms in total. The molecule has 0 bridgehead atoms. The second-order valence-electron chi connectivity index (χ2n) is 5.35. The van der Waals surface area contributed by atoms with Crippen molar-refractivity contribution in [1.82, 2.24) is 10.1 Å². The summed E-state index contributed by atoms with van der Waals surface area (Å²) in [6.07, 6.45) is 3.15. The highest BCUT2D eigenvalue weighted by Crippen LogP contribution is 2.39. The Balaban J connectivity index is 1.93. The van der Waals surface area contributed by atoms with Crippen LogP contribution in [0.25, 0.3) is 11.4 Å². The van der Waals surface area contributed by atoms with Gasteiger partial charge in [-0.2, -0.15) is 4.98 Å². The van der Waals surface area contributed by atoms with Gasteiger partial charge in [0.05, 0.1) is 5.41 Å². The van der Waals surface area contributed by atoms with Gasteiger partial charge in [0.1, 0.15) is 0 Å². The molecule has 0 saturated heterocycles. The highest BCUT2D eigenvalue weighted by atomic mass is 79.9. The van der Waals surface area contributed by atoms with Gasteiger partial charge in [0.2, 0.25) is 11.7 Å². The summed E-state index contributed by atoms with van der Waals surface area (Å²) in [7, 11) is 0. The molecule has 0 aliphatic heterocycles. The van der Waals surface area contributed by atoms with Crippen molar-refractivity contribution in [1.29, 1.82) is 0 Å². The van der Waals surface area contributed by atoms with Crippen LogP contribution in [0.1, 0.15) is 32.1 Å². The lowest BCUT2D eigenvalue weighted by molar-refractivity contribution is 0.278. The number of nitrogens with zero attached hydrogens (tertiary/aromatic N) is 2. The second kappa shape index (κ2) is 4.72. The lowest BCUT2D eigenvalue weighted by atomic mass is 9.85. The molecule has 100 valence electrons. The minimum absolute atomic E-state index is 0.103. The Bertz CT molecular complexity index is 581. The largest absolute Gasteiger partial charge is 0.338 e. The van der Waals surface area contributed by atoms with Crippen molar-refractivity contribution >= 4 is 15.9 Å². The standard InChI is InChI=1S/C14H16BrN3O/c1-14(8-2-3-11(14)16)13-17-12(18-19-13)9-4-6-10(15)7-5-9/h4-7,11H,2-3,8,16H2,1H3. The van der Waals surface area contributed by atoms with Crippen molar-refractivity contribution < 1.29 is 4.52 Å². The van der Waals surface area contributed by atoms with E-state index in [2.05, 4.69) is 33.0 Å². The highest BCUT2D eigenvalue weighted by molar-refractivity contribution is 9.10. The van der Waals surface area contributed by atoms with E-state index in [-0.39, 0.29) is 11.5 Å². The summed E-state index contributed by atoms with van der Waals surface area (Å²) < 4.78 is 6.49. The van der Waals surface area contributed by atoms with E-state index in [4.69, 9.17) is 10.3 Å². The lowest BCUT2D eigenvalue weighted by Crippen LogP contribution is -2.38. The molecule has 0 spiro atoms. The molecule has 19 heavy (non-hydrogen) atoms. The van der Waals surface area contributed by atoms with E-state index in [1.165, 1.54) is 0 Å². The SMILES string of the molecule is CC1(c2nc(-c3ccc(Br)cc3)no2)CCCC1N. The maximum absolute atomic E-state index is 6.18. The third kappa shape index (κ3) is 2.21. The average molecular weight is 322 g/mol. The molecule has 1 aromatic heterocycles. The second-order valence-corrected chi connectivity index (χ2v) is 6.26. The summed E-state index contributed by atoms with van der Waals surface area (Å²) in [5.41, 5.74) is 6.95.